The first-order valence-corrected chi connectivity index (χ1v) is 14.4. The molecule has 1 heterocycles. The first kappa shape index (κ1) is 26.4. The summed E-state index contributed by atoms with van der Waals surface area (Å²) < 4.78 is 12.4. The molecule has 1 fully saturated rings. The van der Waals surface area contributed by atoms with Crippen LogP contribution in [0.5, 0.6) is 0 Å². The van der Waals surface area contributed by atoms with Crippen molar-refractivity contribution in [2.24, 2.45) is 0 Å². The lowest BCUT2D eigenvalue weighted by atomic mass is 10.00. The highest BCUT2D eigenvalue weighted by molar-refractivity contribution is 6.74. The Bertz CT molecular complexity index is 603. The summed E-state index contributed by atoms with van der Waals surface area (Å²) in [5.74, 6) is 0. The molecular formula is C26H48O2Si. The SMILES string of the molecule is CC(C)=CCC/C(C)=C/CC/C(C)=C/CC[C@]1(C)O[C@H]1CO[Si](C)(C)C(C)(C)C. The van der Waals surface area contributed by atoms with Gasteiger partial charge in [-0.3, -0.25) is 0 Å². The number of hydrogen-bond donors (Lipinski definition) is 0. The van der Waals surface area contributed by atoms with Gasteiger partial charge in [-0.05, 0) is 91.3 Å². The normalized spacial score (nSPS) is 23.3. The molecule has 1 aliphatic rings. The summed E-state index contributed by atoms with van der Waals surface area (Å²) in [6.07, 6.45) is 14.3. The molecule has 3 heteroatoms. The highest BCUT2D eigenvalue weighted by atomic mass is 28.4. The summed E-state index contributed by atoms with van der Waals surface area (Å²) >= 11 is 0. The van der Waals surface area contributed by atoms with E-state index in [0.29, 0.717) is 0 Å². The van der Waals surface area contributed by atoms with E-state index >= 15 is 0 Å². The van der Waals surface area contributed by atoms with Crippen LogP contribution in [0, 0.1) is 0 Å². The van der Waals surface area contributed by atoms with Crippen molar-refractivity contribution in [1.82, 2.24) is 0 Å². The van der Waals surface area contributed by atoms with Crippen molar-refractivity contribution in [1.29, 1.82) is 0 Å². The van der Waals surface area contributed by atoms with Gasteiger partial charge in [0.05, 0.1) is 12.2 Å². The summed E-state index contributed by atoms with van der Waals surface area (Å²) in [4.78, 5) is 0. The van der Waals surface area contributed by atoms with Crippen molar-refractivity contribution < 1.29 is 9.16 Å². The molecule has 1 rings (SSSR count). The van der Waals surface area contributed by atoms with Crippen LogP contribution in [0.3, 0.4) is 0 Å². The number of ether oxygens (including phenoxy) is 1. The fourth-order valence-electron chi connectivity index (χ4n) is 3.17. The van der Waals surface area contributed by atoms with Gasteiger partial charge in [0, 0.05) is 0 Å². The zero-order valence-corrected chi connectivity index (χ0v) is 22.1. The van der Waals surface area contributed by atoms with Crippen LogP contribution in [-0.2, 0) is 9.16 Å². The molecule has 168 valence electrons. The van der Waals surface area contributed by atoms with E-state index in [-0.39, 0.29) is 16.7 Å². The van der Waals surface area contributed by atoms with E-state index in [1.807, 2.05) is 0 Å². The van der Waals surface area contributed by atoms with Crippen molar-refractivity contribution in [3.63, 3.8) is 0 Å². The summed E-state index contributed by atoms with van der Waals surface area (Å²) in [6, 6.07) is 0. The van der Waals surface area contributed by atoms with Gasteiger partial charge < -0.3 is 9.16 Å². The smallest absolute Gasteiger partial charge is 0.192 e. The second kappa shape index (κ2) is 11.1. The molecule has 0 aromatic rings. The molecule has 0 N–H and O–H groups in total. The van der Waals surface area contributed by atoms with Gasteiger partial charge in [-0.2, -0.15) is 0 Å². The zero-order chi connectivity index (χ0) is 22.3. The molecule has 0 radical (unpaired) electrons. The Morgan fingerprint density at radius 2 is 1.45 bits per heavy atom. The Hall–Kier alpha value is -0.643. The topological polar surface area (TPSA) is 21.8 Å². The molecule has 0 unspecified atom stereocenters. The van der Waals surface area contributed by atoms with Crippen LogP contribution in [-0.4, -0.2) is 26.6 Å². The minimum Gasteiger partial charge on any atom is -0.414 e. The number of allylic oxidation sites excluding steroid dienone is 6. The summed E-state index contributed by atoms with van der Waals surface area (Å²) in [6.45, 7) is 23.4. The largest absolute Gasteiger partial charge is 0.414 e. The van der Waals surface area contributed by atoms with Gasteiger partial charge in [0.2, 0.25) is 0 Å². The van der Waals surface area contributed by atoms with E-state index < -0.39 is 8.32 Å². The Kier molecular flexibility index (Phi) is 10.1. The molecular weight excluding hydrogens is 372 g/mol. The van der Waals surface area contributed by atoms with Gasteiger partial charge in [-0.15, -0.1) is 0 Å². The predicted molar refractivity (Wildman–Crippen MR) is 131 cm³/mol. The van der Waals surface area contributed by atoms with Crippen LogP contribution in [0.25, 0.3) is 0 Å². The van der Waals surface area contributed by atoms with Crippen molar-refractivity contribution in [2.45, 2.75) is 124 Å². The van der Waals surface area contributed by atoms with E-state index in [1.165, 1.54) is 29.6 Å². The van der Waals surface area contributed by atoms with E-state index in [2.05, 4.69) is 86.7 Å². The third kappa shape index (κ3) is 9.80. The van der Waals surface area contributed by atoms with Gasteiger partial charge in [0.1, 0.15) is 6.10 Å². The first-order chi connectivity index (χ1) is 13.3. The van der Waals surface area contributed by atoms with Crippen molar-refractivity contribution in [3.05, 3.63) is 34.9 Å². The fourth-order valence-corrected chi connectivity index (χ4v) is 4.17. The summed E-state index contributed by atoms with van der Waals surface area (Å²) in [5.41, 5.74) is 4.44. The molecule has 29 heavy (non-hydrogen) atoms. The summed E-state index contributed by atoms with van der Waals surface area (Å²) in [5, 5.41) is 0.261. The number of rotatable bonds is 12. The molecule has 1 aliphatic heterocycles. The lowest BCUT2D eigenvalue weighted by Gasteiger charge is -2.36. The van der Waals surface area contributed by atoms with Crippen LogP contribution in [0.4, 0.5) is 0 Å². The molecule has 1 saturated heterocycles. The van der Waals surface area contributed by atoms with Gasteiger partial charge in [-0.25, -0.2) is 0 Å². The molecule has 0 spiro atoms. The minimum atomic E-state index is -1.68. The Labute approximate surface area is 183 Å². The van der Waals surface area contributed by atoms with Crippen LogP contribution >= 0.6 is 0 Å². The molecule has 0 saturated carbocycles. The standard InChI is InChI=1S/C26H48O2Si/c1-21(2)14-11-15-22(3)16-12-17-23(4)18-13-19-26(8)24(28-26)20-27-29(9,10)25(5,6)7/h14,16,18,24H,11-13,15,17,19-20H2,1-10H3/b22-16+,23-18+/t24-,26-/m0/s1. The van der Waals surface area contributed by atoms with E-state index in [1.54, 1.807) is 0 Å². The molecule has 0 amide bonds. The predicted octanol–water partition coefficient (Wildman–Crippen LogP) is 8.37. The monoisotopic (exact) mass is 420 g/mol. The average Bonchev–Trinajstić information content (AvgIpc) is 3.22. The maximum atomic E-state index is 6.35. The first-order valence-electron chi connectivity index (χ1n) is 11.5. The minimum absolute atomic E-state index is 0.0144. The van der Waals surface area contributed by atoms with Gasteiger partial charge in [-0.1, -0.05) is 55.7 Å². The van der Waals surface area contributed by atoms with E-state index in [0.717, 1.165) is 32.3 Å². The average molecular weight is 421 g/mol. The molecule has 0 aromatic heterocycles. The third-order valence-corrected chi connectivity index (χ3v) is 11.2. The lowest BCUT2D eigenvalue weighted by molar-refractivity contribution is 0.235. The third-order valence-electron chi connectivity index (χ3n) is 6.69. The zero-order valence-electron chi connectivity index (χ0n) is 21.1. The van der Waals surface area contributed by atoms with Gasteiger partial charge in [0.15, 0.2) is 8.32 Å². The second-order valence-electron chi connectivity index (χ2n) is 11.0. The second-order valence-corrected chi connectivity index (χ2v) is 15.8. The molecule has 0 aliphatic carbocycles. The van der Waals surface area contributed by atoms with Crippen LogP contribution < -0.4 is 0 Å². The molecule has 0 bridgehead atoms. The van der Waals surface area contributed by atoms with Crippen molar-refractivity contribution in [2.75, 3.05) is 6.61 Å². The molecule has 2 atom stereocenters. The molecule has 2 nitrogen and oxygen atoms in total. The Morgan fingerprint density at radius 1 is 0.931 bits per heavy atom. The highest BCUT2D eigenvalue weighted by Gasteiger charge is 2.52. The maximum absolute atomic E-state index is 6.35. The van der Waals surface area contributed by atoms with Gasteiger partial charge in [0.25, 0.3) is 0 Å². The Morgan fingerprint density at radius 3 is 1.97 bits per heavy atom. The van der Waals surface area contributed by atoms with E-state index in [4.69, 9.17) is 9.16 Å². The fraction of sp³-hybridized carbons (Fsp3) is 0.769. The number of epoxide rings is 1. The Balaban J connectivity index is 2.28. The maximum Gasteiger partial charge on any atom is 0.192 e. The quantitative estimate of drug-likeness (QED) is 0.180. The van der Waals surface area contributed by atoms with Crippen LogP contribution in [0.2, 0.25) is 18.1 Å². The van der Waals surface area contributed by atoms with Crippen molar-refractivity contribution in [3.8, 4) is 0 Å². The van der Waals surface area contributed by atoms with E-state index in [9.17, 15) is 0 Å². The highest BCUT2D eigenvalue weighted by Crippen LogP contribution is 2.43. The van der Waals surface area contributed by atoms with Crippen LogP contribution in [0.15, 0.2) is 34.9 Å². The van der Waals surface area contributed by atoms with Crippen LogP contribution in [0.1, 0.15) is 93.9 Å². The molecule has 0 aromatic carbocycles. The van der Waals surface area contributed by atoms with Crippen molar-refractivity contribution >= 4 is 8.32 Å². The number of hydrogen-bond acceptors (Lipinski definition) is 2. The lowest BCUT2D eigenvalue weighted by Crippen LogP contribution is -2.42. The summed E-state index contributed by atoms with van der Waals surface area (Å²) in [7, 11) is -1.68. The van der Waals surface area contributed by atoms with Gasteiger partial charge >= 0.3 is 0 Å².